The third-order valence-electron chi connectivity index (χ3n) is 3.83. The molecule has 3 rings (SSSR count). The lowest BCUT2D eigenvalue weighted by molar-refractivity contribution is -0.103. The van der Waals surface area contributed by atoms with Crippen molar-refractivity contribution in [3.05, 3.63) is 89.7 Å². The quantitative estimate of drug-likeness (QED) is 0.935. The van der Waals surface area contributed by atoms with E-state index in [4.69, 9.17) is 9.47 Å². The van der Waals surface area contributed by atoms with Crippen LogP contribution in [0.2, 0.25) is 0 Å². The Hall–Kier alpha value is -2.36. The Bertz CT molecular complexity index is 648. The zero-order valence-electron chi connectivity index (χ0n) is 13.1. The molecular formula is C20H20O3. The third kappa shape index (κ3) is 3.89. The van der Waals surface area contributed by atoms with E-state index in [1.165, 1.54) is 0 Å². The van der Waals surface area contributed by atoms with Crippen LogP contribution in [0.1, 0.15) is 17.5 Å². The molecule has 1 N–H and O–H groups in total. The number of aliphatic hydroxyl groups is 1. The van der Waals surface area contributed by atoms with Crippen LogP contribution in [0.15, 0.2) is 78.6 Å². The molecular weight excluding hydrogens is 288 g/mol. The lowest BCUT2D eigenvalue weighted by Crippen LogP contribution is -2.25. The minimum atomic E-state index is -0.937. The highest BCUT2D eigenvalue weighted by molar-refractivity contribution is 5.80. The SMILES string of the molecule is COC1=CC(O)OC(C=C(c2ccccc2)c2ccccc2)C1. The van der Waals surface area contributed by atoms with Crippen LogP contribution in [-0.2, 0) is 9.47 Å². The van der Waals surface area contributed by atoms with Crippen LogP contribution in [0.25, 0.3) is 5.57 Å². The smallest absolute Gasteiger partial charge is 0.178 e. The van der Waals surface area contributed by atoms with Crippen molar-refractivity contribution in [3.8, 4) is 0 Å². The Labute approximate surface area is 136 Å². The van der Waals surface area contributed by atoms with Gasteiger partial charge in [-0.05, 0) is 22.8 Å². The number of hydrogen-bond donors (Lipinski definition) is 1. The van der Waals surface area contributed by atoms with Gasteiger partial charge in [0.1, 0.15) is 0 Å². The summed E-state index contributed by atoms with van der Waals surface area (Å²) < 4.78 is 10.9. The fraction of sp³-hybridized carbons (Fsp3) is 0.200. The molecule has 0 saturated carbocycles. The van der Waals surface area contributed by atoms with Crippen molar-refractivity contribution < 1.29 is 14.6 Å². The maximum Gasteiger partial charge on any atom is 0.178 e. The van der Waals surface area contributed by atoms with E-state index < -0.39 is 6.29 Å². The summed E-state index contributed by atoms with van der Waals surface area (Å²) in [6.07, 6.45) is 3.08. The average molecular weight is 308 g/mol. The zero-order valence-corrected chi connectivity index (χ0v) is 13.1. The van der Waals surface area contributed by atoms with Crippen molar-refractivity contribution in [2.75, 3.05) is 7.11 Å². The molecule has 2 aromatic rings. The number of benzene rings is 2. The number of hydrogen-bond acceptors (Lipinski definition) is 3. The van der Waals surface area contributed by atoms with E-state index in [0.717, 1.165) is 22.5 Å². The van der Waals surface area contributed by atoms with Crippen LogP contribution in [0.5, 0.6) is 0 Å². The van der Waals surface area contributed by atoms with Crippen LogP contribution in [-0.4, -0.2) is 24.6 Å². The molecule has 1 heterocycles. The molecule has 1 aliphatic rings. The van der Waals surface area contributed by atoms with E-state index in [1.54, 1.807) is 13.2 Å². The van der Waals surface area contributed by atoms with Crippen molar-refractivity contribution >= 4 is 5.57 Å². The highest BCUT2D eigenvalue weighted by atomic mass is 16.6. The molecule has 0 bridgehead atoms. The highest BCUT2D eigenvalue weighted by Crippen LogP contribution is 2.27. The predicted molar refractivity (Wildman–Crippen MR) is 90.6 cm³/mol. The molecule has 0 spiro atoms. The Morgan fingerprint density at radius 1 is 1.04 bits per heavy atom. The molecule has 2 atom stereocenters. The van der Waals surface area contributed by atoms with Crippen molar-refractivity contribution in [1.29, 1.82) is 0 Å². The van der Waals surface area contributed by atoms with Gasteiger partial charge >= 0.3 is 0 Å². The molecule has 0 radical (unpaired) electrons. The second-order valence-electron chi connectivity index (χ2n) is 5.42. The van der Waals surface area contributed by atoms with Gasteiger partial charge in [-0.1, -0.05) is 60.7 Å². The predicted octanol–water partition coefficient (Wildman–Crippen LogP) is 3.76. The van der Waals surface area contributed by atoms with Crippen LogP contribution in [0.4, 0.5) is 0 Å². The first-order valence-corrected chi connectivity index (χ1v) is 7.67. The van der Waals surface area contributed by atoms with E-state index in [-0.39, 0.29) is 6.10 Å². The van der Waals surface area contributed by atoms with E-state index in [0.29, 0.717) is 6.42 Å². The lowest BCUT2D eigenvalue weighted by atomic mass is 9.95. The summed E-state index contributed by atoms with van der Waals surface area (Å²) in [6.45, 7) is 0. The van der Waals surface area contributed by atoms with Gasteiger partial charge in [0.2, 0.25) is 0 Å². The topological polar surface area (TPSA) is 38.7 Å². The minimum absolute atomic E-state index is 0.236. The van der Waals surface area contributed by atoms with Gasteiger partial charge in [-0.15, -0.1) is 0 Å². The second kappa shape index (κ2) is 7.27. The Morgan fingerprint density at radius 3 is 2.13 bits per heavy atom. The number of ether oxygens (including phenoxy) is 2. The number of rotatable bonds is 4. The average Bonchev–Trinajstić information content (AvgIpc) is 2.60. The van der Waals surface area contributed by atoms with Crippen molar-refractivity contribution in [2.24, 2.45) is 0 Å². The summed E-state index contributed by atoms with van der Waals surface area (Å²) in [5.41, 5.74) is 3.32. The third-order valence-corrected chi connectivity index (χ3v) is 3.83. The van der Waals surface area contributed by atoms with Gasteiger partial charge in [0.05, 0.1) is 19.0 Å². The van der Waals surface area contributed by atoms with Gasteiger partial charge in [0, 0.05) is 12.5 Å². The summed E-state index contributed by atoms with van der Waals surface area (Å²) in [5.74, 6) is 0.741. The van der Waals surface area contributed by atoms with Gasteiger partial charge < -0.3 is 14.6 Å². The first-order valence-electron chi connectivity index (χ1n) is 7.67. The van der Waals surface area contributed by atoms with Crippen LogP contribution >= 0.6 is 0 Å². The van der Waals surface area contributed by atoms with Crippen molar-refractivity contribution in [3.63, 3.8) is 0 Å². The largest absolute Gasteiger partial charge is 0.501 e. The molecule has 1 aliphatic heterocycles. The normalized spacial score (nSPS) is 20.5. The van der Waals surface area contributed by atoms with Gasteiger partial charge in [-0.2, -0.15) is 0 Å². The molecule has 0 saturated heterocycles. The van der Waals surface area contributed by atoms with Crippen LogP contribution in [0.3, 0.4) is 0 Å². The van der Waals surface area contributed by atoms with Crippen LogP contribution < -0.4 is 0 Å². The molecule has 2 aromatic carbocycles. The molecule has 0 aromatic heterocycles. The summed E-state index contributed by atoms with van der Waals surface area (Å²) in [5, 5.41) is 9.83. The molecule has 23 heavy (non-hydrogen) atoms. The summed E-state index contributed by atoms with van der Waals surface area (Å²) in [4.78, 5) is 0. The van der Waals surface area contributed by atoms with Crippen LogP contribution in [0, 0.1) is 0 Å². The molecule has 0 amide bonds. The fourth-order valence-corrected chi connectivity index (χ4v) is 2.72. The Morgan fingerprint density at radius 2 is 1.61 bits per heavy atom. The zero-order chi connectivity index (χ0) is 16.1. The number of methoxy groups -OCH3 is 1. The van der Waals surface area contributed by atoms with Gasteiger partial charge in [-0.25, -0.2) is 0 Å². The lowest BCUT2D eigenvalue weighted by Gasteiger charge is -2.25. The minimum Gasteiger partial charge on any atom is -0.501 e. The van der Waals surface area contributed by atoms with E-state index in [1.807, 2.05) is 36.4 Å². The Kier molecular flexibility index (Phi) is 4.91. The van der Waals surface area contributed by atoms with Gasteiger partial charge in [-0.3, -0.25) is 0 Å². The van der Waals surface area contributed by atoms with E-state index in [9.17, 15) is 5.11 Å². The number of aliphatic hydroxyl groups excluding tert-OH is 1. The molecule has 0 aliphatic carbocycles. The summed E-state index contributed by atoms with van der Waals surface area (Å²) >= 11 is 0. The van der Waals surface area contributed by atoms with Crippen molar-refractivity contribution in [2.45, 2.75) is 18.8 Å². The van der Waals surface area contributed by atoms with E-state index >= 15 is 0 Å². The highest BCUT2D eigenvalue weighted by Gasteiger charge is 2.21. The molecule has 118 valence electrons. The van der Waals surface area contributed by atoms with E-state index in [2.05, 4.69) is 30.3 Å². The molecule has 0 fully saturated rings. The van der Waals surface area contributed by atoms with Gasteiger partial charge in [0.15, 0.2) is 6.29 Å². The maximum absolute atomic E-state index is 9.83. The first kappa shape index (κ1) is 15.5. The summed E-state index contributed by atoms with van der Waals surface area (Å²) in [7, 11) is 1.61. The summed E-state index contributed by atoms with van der Waals surface area (Å²) in [6, 6.07) is 20.4. The Balaban J connectivity index is 1.97. The standard InChI is InChI=1S/C20H20O3/c1-22-17-12-18(23-20(21)14-17)13-19(15-8-4-2-5-9-15)16-10-6-3-7-11-16/h2-11,13-14,18,20-21H,12H2,1H3. The molecule has 2 unspecified atom stereocenters. The first-order chi connectivity index (χ1) is 11.3. The van der Waals surface area contributed by atoms with Gasteiger partial charge in [0.25, 0.3) is 0 Å². The molecule has 3 heteroatoms. The fourth-order valence-electron chi connectivity index (χ4n) is 2.72. The monoisotopic (exact) mass is 308 g/mol. The molecule has 3 nitrogen and oxygen atoms in total. The second-order valence-corrected chi connectivity index (χ2v) is 5.42. The maximum atomic E-state index is 9.83. The van der Waals surface area contributed by atoms with Crippen molar-refractivity contribution in [1.82, 2.24) is 0 Å².